The normalized spacial score (nSPS) is 11.0. The Morgan fingerprint density at radius 3 is 2.50 bits per heavy atom. The summed E-state index contributed by atoms with van der Waals surface area (Å²) in [6, 6.07) is 5.56. The second kappa shape index (κ2) is 6.51. The topological polar surface area (TPSA) is 49.5 Å². The number of rotatable bonds is 6. The molecule has 90 valence electrons. The van der Waals surface area contributed by atoms with Crippen LogP contribution in [0.15, 0.2) is 18.2 Å². The lowest BCUT2D eigenvalue weighted by Crippen LogP contribution is -2.25. The third kappa shape index (κ3) is 3.22. The minimum Gasteiger partial charge on any atom is -0.508 e. The Hall–Kier alpha value is -1.06. The lowest BCUT2D eigenvalue weighted by Gasteiger charge is -2.19. The zero-order valence-corrected chi connectivity index (χ0v) is 10.2. The van der Waals surface area contributed by atoms with E-state index in [9.17, 15) is 5.11 Å². The summed E-state index contributed by atoms with van der Waals surface area (Å²) in [5.74, 6) is 0.370. The quantitative estimate of drug-likeness (QED) is 0.770. The number of phenols is 1. The van der Waals surface area contributed by atoms with Crippen LogP contribution in [0.2, 0.25) is 0 Å². The first-order chi connectivity index (χ1) is 7.72. The summed E-state index contributed by atoms with van der Waals surface area (Å²) in [5, 5.41) is 9.81. The maximum absolute atomic E-state index is 9.81. The predicted octanol–water partition coefficient (Wildman–Crippen LogP) is 1.74. The van der Waals surface area contributed by atoms with Crippen LogP contribution >= 0.6 is 0 Å². The Bertz CT molecular complexity index is 322. The molecule has 1 aromatic carbocycles. The van der Waals surface area contributed by atoms with Gasteiger partial charge >= 0.3 is 0 Å². The molecule has 0 fully saturated rings. The number of phenolic OH excluding ortho intramolecular Hbond substituents is 1. The van der Waals surface area contributed by atoms with Gasteiger partial charge in [-0.1, -0.05) is 26.0 Å². The van der Waals surface area contributed by atoms with Crippen LogP contribution in [-0.2, 0) is 13.0 Å². The van der Waals surface area contributed by atoms with Gasteiger partial charge < -0.3 is 15.7 Å². The van der Waals surface area contributed by atoms with E-state index in [1.165, 1.54) is 0 Å². The maximum atomic E-state index is 9.81. The molecule has 3 nitrogen and oxygen atoms in total. The van der Waals surface area contributed by atoms with Gasteiger partial charge in [0, 0.05) is 13.1 Å². The largest absolute Gasteiger partial charge is 0.508 e. The van der Waals surface area contributed by atoms with Gasteiger partial charge in [-0.05, 0) is 36.7 Å². The van der Waals surface area contributed by atoms with Crippen molar-refractivity contribution in [3.63, 3.8) is 0 Å². The van der Waals surface area contributed by atoms with E-state index in [0.717, 1.165) is 37.2 Å². The molecular weight excluding hydrogens is 200 g/mol. The van der Waals surface area contributed by atoms with Crippen molar-refractivity contribution in [2.45, 2.75) is 26.8 Å². The highest BCUT2D eigenvalue weighted by atomic mass is 16.3. The minimum atomic E-state index is 0.370. The molecule has 0 amide bonds. The molecule has 3 heteroatoms. The summed E-state index contributed by atoms with van der Waals surface area (Å²) in [6.07, 6.45) is 0.862. The summed E-state index contributed by atoms with van der Waals surface area (Å²) >= 11 is 0. The summed E-state index contributed by atoms with van der Waals surface area (Å²) in [7, 11) is 0. The Kier molecular flexibility index (Phi) is 5.29. The van der Waals surface area contributed by atoms with Crippen molar-refractivity contribution in [2.24, 2.45) is 5.73 Å². The van der Waals surface area contributed by atoms with Crippen LogP contribution in [0.25, 0.3) is 0 Å². The fourth-order valence-electron chi connectivity index (χ4n) is 1.91. The number of benzene rings is 1. The lowest BCUT2D eigenvalue weighted by molar-refractivity contribution is 0.306. The minimum absolute atomic E-state index is 0.370. The average molecular weight is 222 g/mol. The molecule has 0 aliphatic heterocycles. The molecule has 0 heterocycles. The van der Waals surface area contributed by atoms with E-state index >= 15 is 0 Å². The zero-order chi connectivity index (χ0) is 12.0. The SMILES string of the molecule is CCN(CC)CCc1c(O)cccc1CN. The fourth-order valence-corrected chi connectivity index (χ4v) is 1.91. The third-order valence-electron chi connectivity index (χ3n) is 3.04. The van der Waals surface area contributed by atoms with E-state index in [2.05, 4.69) is 18.7 Å². The lowest BCUT2D eigenvalue weighted by atomic mass is 10.0. The molecule has 0 spiro atoms. The van der Waals surface area contributed by atoms with Gasteiger partial charge in [0.1, 0.15) is 5.75 Å². The molecule has 0 aliphatic rings. The highest BCUT2D eigenvalue weighted by Crippen LogP contribution is 2.21. The number of hydrogen-bond donors (Lipinski definition) is 2. The molecule has 0 unspecified atom stereocenters. The number of aromatic hydroxyl groups is 1. The van der Waals surface area contributed by atoms with Gasteiger partial charge in [0.2, 0.25) is 0 Å². The van der Waals surface area contributed by atoms with Crippen molar-refractivity contribution in [2.75, 3.05) is 19.6 Å². The monoisotopic (exact) mass is 222 g/mol. The van der Waals surface area contributed by atoms with Crippen molar-refractivity contribution in [1.82, 2.24) is 4.90 Å². The molecule has 1 aromatic rings. The fraction of sp³-hybridized carbons (Fsp3) is 0.538. The van der Waals surface area contributed by atoms with Gasteiger partial charge in [0.25, 0.3) is 0 Å². The Morgan fingerprint density at radius 2 is 1.94 bits per heavy atom. The van der Waals surface area contributed by atoms with Crippen molar-refractivity contribution in [1.29, 1.82) is 0 Å². The molecule has 0 saturated carbocycles. The smallest absolute Gasteiger partial charge is 0.119 e. The molecule has 0 atom stereocenters. The van der Waals surface area contributed by atoms with Crippen LogP contribution in [0.1, 0.15) is 25.0 Å². The second-order valence-electron chi connectivity index (χ2n) is 3.90. The maximum Gasteiger partial charge on any atom is 0.119 e. The first-order valence-corrected chi connectivity index (χ1v) is 5.95. The van der Waals surface area contributed by atoms with Crippen molar-refractivity contribution >= 4 is 0 Å². The first kappa shape index (κ1) is 13.0. The van der Waals surface area contributed by atoms with E-state index < -0.39 is 0 Å². The molecule has 16 heavy (non-hydrogen) atoms. The van der Waals surface area contributed by atoms with Crippen LogP contribution in [0, 0.1) is 0 Å². The van der Waals surface area contributed by atoms with E-state index in [1.807, 2.05) is 12.1 Å². The highest BCUT2D eigenvalue weighted by Gasteiger charge is 2.08. The van der Waals surface area contributed by atoms with Gasteiger partial charge in [-0.25, -0.2) is 0 Å². The van der Waals surface area contributed by atoms with Gasteiger partial charge in [-0.2, -0.15) is 0 Å². The molecule has 0 saturated heterocycles. The van der Waals surface area contributed by atoms with E-state index in [1.54, 1.807) is 6.07 Å². The summed E-state index contributed by atoms with van der Waals surface area (Å²) in [4.78, 5) is 2.34. The molecule has 0 aromatic heterocycles. The summed E-state index contributed by atoms with van der Waals surface area (Å²) in [6.45, 7) is 7.85. The van der Waals surface area contributed by atoms with Crippen LogP contribution in [0.4, 0.5) is 0 Å². The molecule has 3 N–H and O–H groups in total. The summed E-state index contributed by atoms with van der Waals surface area (Å²) in [5.41, 5.74) is 7.71. The molecular formula is C13H22N2O. The number of hydrogen-bond acceptors (Lipinski definition) is 3. The van der Waals surface area contributed by atoms with E-state index in [4.69, 9.17) is 5.73 Å². The zero-order valence-electron chi connectivity index (χ0n) is 10.2. The first-order valence-electron chi connectivity index (χ1n) is 5.95. The molecule has 0 aliphatic carbocycles. The van der Waals surface area contributed by atoms with Crippen LogP contribution in [-0.4, -0.2) is 29.6 Å². The third-order valence-corrected chi connectivity index (χ3v) is 3.04. The Balaban J connectivity index is 2.72. The highest BCUT2D eigenvalue weighted by molar-refractivity contribution is 5.39. The van der Waals surface area contributed by atoms with Gasteiger partial charge in [0.15, 0.2) is 0 Å². The van der Waals surface area contributed by atoms with Gasteiger partial charge in [0.05, 0.1) is 0 Å². The molecule has 0 radical (unpaired) electrons. The average Bonchev–Trinajstić information content (AvgIpc) is 2.31. The van der Waals surface area contributed by atoms with Crippen LogP contribution < -0.4 is 5.73 Å². The van der Waals surface area contributed by atoms with E-state index in [-0.39, 0.29) is 0 Å². The standard InChI is InChI=1S/C13H22N2O/c1-3-15(4-2)9-8-12-11(10-14)6-5-7-13(12)16/h5-7,16H,3-4,8-10,14H2,1-2H3. The van der Waals surface area contributed by atoms with Gasteiger partial charge in [-0.3, -0.25) is 0 Å². The van der Waals surface area contributed by atoms with Crippen molar-refractivity contribution < 1.29 is 5.11 Å². The number of nitrogens with zero attached hydrogens (tertiary/aromatic N) is 1. The Labute approximate surface area is 97.9 Å². The van der Waals surface area contributed by atoms with Crippen LogP contribution in [0.5, 0.6) is 5.75 Å². The number of nitrogens with two attached hydrogens (primary N) is 1. The second-order valence-corrected chi connectivity index (χ2v) is 3.90. The van der Waals surface area contributed by atoms with E-state index in [0.29, 0.717) is 12.3 Å². The van der Waals surface area contributed by atoms with Gasteiger partial charge in [-0.15, -0.1) is 0 Å². The number of likely N-dealkylation sites (N-methyl/N-ethyl adjacent to an activating group) is 1. The van der Waals surface area contributed by atoms with Crippen molar-refractivity contribution in [3.8, 4) is 5.75 Å². The molecule has 1 rings (SSSR count). The predicted molar refractivity (Wildman–Crippen MR) is 67.5 cm³/mol. The summed E-state index contributed by atoms with van der Waals surface area (Å²) < 4.78 is 0. The van der Waals surface area contributed by atoms with Crippen LogP contribution in [0.3, 0.4) is 0 Å². The molecule has 0 bridgehead atoms. The van der Waals surface area contributed by atoms with Crippen molar-refractivity contribution in [3.05, 3.63) is 29.3 Å². The Morgan fingerprint density at radius 1 is 1.25 bits per heavy atom.